The molecule has 0 fully saturated rings. The molecule has 2 atom stereocenters. The lowest BCUT2D eigenvalue weighted by Gasteiger charge is -2.09. The van der Waals surface area contributed by atoms with Crippen LogP contribution in [0, 0.1) is 0 Å². The second kappa shape index (κ2) is 8.28. The van der Waals surface area contributed by atoms with Crippen LogP contribution in [0.1, 0.15) is 50.7 Å². The van der Waals surface area contributed by atoms with E-state index in [-0.39, 0.29) is 12.2 Å². The molecule has 18 heavy (non-hydrogen) atoms. The third-order valence-electron chi connectivity index (χ3n) is 3.50. The van der Waals surface area contributed by atoms with E-state index in [2.05, 4.69) is 24.3 Å². The molecule has 1 aromatic carbocycles. The number of aliphatic hydroxyl groups excluding tert-OH is 2. The minimum absolute atomic E-state index is 0.177. The molecule has 2 unspecified atom stereocenters. The van der Waals surface area contributed by atoms with Crippen molar-refractivity contribution >= 4 is 0 Å². The minimum atomic E-state index is -0.177. The Morgan fingerprint density at radius 2 is 1.11 bits per heavy atom. The van der Waals surface area contributed by atoms with Gasteiger partial charge in [-0.3, -0.25) is 0 Å². The first-order valence-corrected chi connectivity index (χ1v) is 7.09. The van der Waals surface area contributed by atoms with Crippen molar-refractivity contribution in [3.63, 3.8) is 0 Å². The van der Waals surface area contributed by atoms with Crippen molar-refractivity contribution in [2.45, 2.75) is 64.6 Å². The summed E-state index contributed by atoms with van der Waals surface area (Å²) in [7, 11) is 0. The predicted molar refractivity (Wildman–Crippen MR) is 75.7 cm³/mol. The normalized spacial score (nSPS) is 14.4. The van der Waals surface area contributed by atoms with Gasteiger partial charge in [-0.05, 0) is 49.7 Å². The Kier molecular flexibility index (Phi) is 6.99. The number of aryl methyl sites for hydroxylation is 2. The summed E-state index contributed by atoms with van der Waals surface area (Å²) < 4.78 is 0. The average Bonchev–Trinajstić information content (AvgIpc) is 2.43. The Hall–Kier alpha value is -0.860. The lowest BCUT2D eigenvalue weighted by atomic mass is 10.0. The predicted octanol–water partition coefficient (Wildman–Crippen LogP) is 3.09. The molecular formula is C16H26O2. The van der Waals surface area contributed by atoms with Gasteiger partial charge in [0.25, 0.3) is 0 Å². The molecule has 0 amide bonds. The largest absolute Gasteiger partial charge is 0.393 e. The molecule has 1 aromatic rings. The Morgan fingerprint density at radius 3 is 1.39 bits per heavy atom. The molecular weight excluding hydrogens is 224 g/mol. The van der Waals surface area contributed by atoms with Crippen molar-refractivity contribution in [1.82, 2.24) is 0 Å². The summed E-state index contributed by atoms with van der Waals surface area (Å²) in [6.07, 6.45) is 4.85. The van der Waals surface area contributed by atoms with Crippen molar-refractivity contribution in [3.8, 4) is 0 Å². The zero-order chi connectivity index (χ0) is 13.4. The highest BCUT2D eigenvalue weighted by Crippen LogP contribution is 2.12. The molecule has 102 valence electrons. The first kappa shape index (κ1) is 15.2. The van der Waals surface area contributed by atoms with Crippen molar-refractivity contribution < 1.29 is 10.2 Å². The van der Waals surface area contributed by atoms with Gasteiger partial charge in [-0.1, -0.05) is 38.1 Å². The van der Waals surface area contributed by atoms with Gasteiger partial charge in [-0.25, -0.2) is 0 Å². The minimum Gasteiger partial charge on any atom is -0.393 e. The van der Waals surface area contributed by atoms with Gasteiger partial charge in [0.15, 0.2) is 0 Å². The molecule has 0 spiro atoms. The van der Waals surface area contributed by atoms with Crippen LogP contribution in [0.5, 0.6) is 0 Å². The third-order valence-corrected chi connectivity index (χ3v) is 3.50. The molecule has 0 aliphatic heterocycles. The fraction of sp³-hybridized carbons (Fsp3) is 0.625. The van der Waals surface area contributed by atoms with Gasteiger partial charge in [-0.15, -0.1) is 0 Å². The topological polar surface area (TPSA) is 40.5 Å². The van der Waals surface area contributed by atoms with Gasteiger partial charge in [0.2, 0.25) is 0 Å². The molecule has 2 N–H and O–H groups in total. The van der Waals surface area contributed by atoms with E-state index in [9.17, 15) is 10.2 Å². The van der Waals surface area contributed by atoms with Crippen LogP contribution < -0.4 is 0 Å². The molecule has 2 heteroatoms. The first-order chi connectivity index (χ1) is 8.65. The van der Waals surface area contributed by atoms with Crippen molar-refractivity contribution in [2.75, 3.05) is 0 Å². The highest BCUT2D eigenvalue weighted by molar-refractivity contribution is 5.22. The van der Waals surface area contributed by atoms with Crippen molar-refractivity contribution in [1.29, 1.82) is 0 Å². The Balaban J connectivity index is 2.37. The second-order valence-electron chi connectivity index (χ2n) is 5.02. The fourth-order valence-electron chi connectivity index (χ4n) is 1.95. The zero-order valence-electron chi connectivity index (χ0n) is 11.6. The van der Waals surface area contributed by atoms with E-state index in [4.69, 9.17) is 0 Å². The van der Waals surface area contributed by atoms with E-state index < -0.39 is 0 Å². The Labute approximate surface area is 111 Å². The lowest BCUT2D eigenvalue weighted by molar-refractivity contribution is 0.160. The van der Waals surface area contributed by atoms with Crippen LogP contribution >= 0.6 is 0 Å². The molecule has 2 nitrogen and oxygen atoms in total. The van der Waals surface area contributed by atoms with E-state index in [1.165, 1.54) is 11.1 Å². The summed E-state index contributed by atoms with van der Waals surface area (Å²) >= 11 is 0. The molecule has 0 bridgehead atoms. The van der Waals surface area contributed by atoms with E-state index in [0.29, 0.717) is 0 Å². The van der Waals surface area contributed by atoms with Gasteiger partial charge < -0.3 is 10.2 Å². The number of rotatable bonds is 8. The van der Waals surface area contributed by atoms with Crippen LogP contribution in [0.15, 0.2) is 24.3 Å². The van der Waals surface area contributed by atoms with Crippen LogP contribution in [0.4, 0.5) is 0 Å². The molecule has 0 radical (unpaired) electrons. The van der Waals surface area contributed by atoms with Gasteiger partial charge >= 0.3 is 0 Å². The van der Waals surface area contributed by atoms with Gasteiger partial charge in [0.05, 0.1) is 12.2 Å². The molecule has 0 aliphatic rings. The molecule has 0 saturated heterocycles. The number of benzene rings is 1. The van der Waals surface area contributed by atoms with Crippen LogP contribution in [-0.2, 0) is 12.8 Å². The fourth-order valence-corrected chi connectivity index (χ4v) is 1.95. The Morgan fingerprint density at radius 1 is 0.778 bits per heavy atom. The highest BCUT2D eigenvalue weighted by Gasteiger charge is 2.03. The van der Waals surface area contributed by atoms with E-state index in [1.54, 1.807) is 0 Å². The number of hydrogen-bond donors (Lipinski definition) is 2. The molecule has 0 aromatic heterocycles. The summed E-state index contributed by atoms with van der Waals surface area (Å²) in [5.41, 5.74) is 2.56. The molecule has 0 saturated carbocycles. The monoisotopic (exact) mass is 250 g/mol. The van der Waals surface area contributed by atoms with Crippen LogP contribution in [0.25, 0.3) is 0 Å². The molecule has 1 rings (SSSR count). The maximum atomic E-state index is 9.52. The van der Waals surface area contributed by atoms with E-state index in [1.807, 2.05) is 13.8 Å². The third kappa shape index (κ3) is 5.65. The van der Waals surface area contributed by atoms with Crippen LogP contribution in [0.3, 0.4) is 0 Å². The lowest BCUT2D eigenvalue weighted by Crippen LogP contribution is -2.06. The summed E-state index contributed by atoms with van der Waals surface area (Å²) in [6, 6.07) is 8.54. The van der Waals surface area contributed by atoms with E-state index in [0.717, 1.165) is 38.5 Å². The van der Waals surface area contributed by atoms with E-state index >= 15 is 0 Å². The summed E-state index contributed by atoms with van der Waals surface area (Å²) in [5, 5.41) is 19.0. The number of hydrogen-bond acceptors (Lipinski definition) is 2. The van der Waals surface area contributed by atoms with Crippen molar-refractivity contribution in [2.24, 2.45) is 0 Å². The zero-order valence-corrected chi connectivity index (χ0v) is 11.6. The maximum Gasteiger partial charge on any atom is 0.0540 e. The number of aliphatic hydroxyl groups is 2. The Bertz CT molecular complexity index is 285. The standard InChI is InChI=1S/C16H26O2/c1-3-15(17)11-9-13-5-7-14(8-6-13)10-12-16(18)4-2/h5-8,15-18H,3-4,9-12H2,1-2H3. The second-order valence-corrected chi connectivity index (χ2v) is 5.02. The van der Waals surface area contributed by atoms with Crippen LogP contribution in [-0.4, -0.2) is 22.4 Å². The van der Waals surface area contributed by atoms with Crippen LogP contribution in [0.2, 0.25) is 0 Å². The van der Waals surface area contributed by atoms with Gasteiger partial charge in [-0.2, -0.15) is 0 Å². The van der Waals surface area contributed by atoms with Gasteiger partial charge in [0.1, 0.15) is 0 Å². The quantitative estimate of drug-likeness (QED) is 0.744. The summed E-state index contributed by atoms with van der Waals surface area (Å²) in [4.78, 5) is 0. The maximum absolute atomic E-state index is 9.52. The van der Waals surface area contributed by atoms with Crippen molar-refractivity contribution in [3.05, 3.63) is 35.4 Å². The SMILES string of the molecule is CCC(O)CCc1ccc(CCC(O)CC)cc1. The molecule has 0 heterocycles. The summed E-state index contributed by atoms with van der Waals surface area (Å²) in [5.74, 6) is 0. The smallest absolute Gasteiger partial charge is 0.0540 e. The van der Waals surface area contributed by atoms with Gasteiger partial charge in [0, 0.05) is 0 Å². The first-order valence-electron chi connectivity index (χ1n) is 7.09. The average molecular weight is 250 g/mol. The summed E-state index contributed by atoms with van der Waals surface area (Å²) in [6.45, 7) is 4.01. The molecule has 0 aliphatic carbocycles. The highest BCUT2D eigenvalue weighted by atomic mass is 16.3.